The van der Waals surface area contributed by atoms with E-state index in [0.29, 0.717) is 0 Å². The van der Waals surface area contributed by atoms with Crippen molar-refractivity contribution in [2.75, 3.05) is 18.0 Å². The molecule has 23 heavy (non-hydrogen) atoms. The Kier molecular flexibility index (Phi) is 5.85. The predicted octanol–water partition coefficient (Wildman–Crippen LogP) is 4.54. The second-order valence-corrected chi connectivity index (χ2v) is 7.58. The summed E-state index contributed by atoms with van der Waals surface area (Å²) in [5.41, 5.74) is 1.86. The molecule has 0 saturated heterocycles. The Morgan fingerprint density at radius 1 is 1.00 bits per heavy atom. The van der Waals surface area contributed by atoms with Crippen LogP contribution in [0.5, 0.6) is 0 Å². The van der Waals surface area contributed by atoms with Gasteiger partial charge in [-0.15, -0.1) is 0 Å². The highest BCUT2D eigenvalue weighted by atomic mass is 35.5. The Morgan fingerprint density at radius 3 is 2.09 bits per heavy atom. The number of nitrogens with zero attached hydrogens (tertiary/aromatic N) is 1. The van der Waals surface area contributed by atoms with Gasteiger partial charge >= 0.3 is 0 Å². The normalized spacial score (nSPS) is 12.2. The smallest absolute Gasteiger partial charge is 0.217 e. The van der Waals surface area contributed by atoms with E-state index in [0.717, 1.165) is 24.3 Å². The number of rotatable bonds is 6. The molecule has 0 unspecified atom stereocenters. The highest BCUT2D eigenvalue weighted by molar-refractivity contribution is 7.97. The Hall–Kier alpha value is -1.78. The third-order valence-electron chi connectivity index (χ3n) is 3.61. The molecule has 0 aliphatic carbocycles. The van der Waals surface area contributed by atoms with Crippen LogP contribution in [0.3, 0.4) is 0 Å². The lowest BCUT2D eigenvalue weighted by Crippen LogP contribution is -2.21. The maximum Gasteiger partial charge on any atom is 0.217 e. The van der Waals surface area contributed by atoms with Gasteiger partial charge in [0.1, 0.15) is 4.36 Å². The molecule has 0 heterocycles. The van der Waals surface area contributed by atoms with Gasteiger partial charge in [-0.3, -0.25) is 0 Å². The molecule has 0 bridgehead atoms. The van der Waals surface area contributed by atoms with E-state index in [1.165, 1.54) is 18.2 Å². The fourth-order valence-electron chi connectivity index (χ4n) is 2.29. The van der Waals surface area contributed by atoms with E-state index in [-0.39, 0.29) is 9.26 Å². The van der Waals surface area contributed by atoms with Crippen LogP contribution in [0, 0.1) is 0 Å². The van der Waals surface area contributed by atoms with E-state index in [4.69, 9.17) is 11.6 Å². The number of hydrogen-bond donors (Lipinski definition) is 0. The molecule has 0 amide bonds. The van der Waals surface area contributed by atoms with Crippen LogP contribution in [-0.2, 0) is 9.84 Å². The lowest BCUT2D eigenvalue weighted by Gasteiger charge is -2.20. The molecule has 2 aromatic carbocycles. The second-order valence-electron chi connectivity index (χ2n) is 5.03. The molecule has 2 rings (SSSR count). The zero-order valence-electron chi connectivity index (χ0n) is 13.2. The van der Waals surface area contributed by atoms with Crippen molar-refractivity contribution in [1.29, 1.82) is 0 Å². The average molecular weight is 350 g/mol. The molecule has 0 aliphatic heterocycles. The number of hydrogen-bond acceptors (Lipinski definition) is 3. The monoisotopic (exact) mass is 349 g/mol. The standard InChI is InChI=1S/C18H20ClNO2S/c1-3-20(4-2)16-12-10-15(11-13-16)14-18(19)23(21,22)17-8-6-5-7-9-17/h5-14H,3-4H2,1-2H3/b18-14+. The molecule has 0 aliphatic rings. The van der Waals surface area contributed by atoms with E-state index < -0.39 is 9.84 Å². The largest absolute Gasteiger partial charge is 0.372 e. The van der Waals surface area contributed by atoms with Gasteiger partial charge in [0, 0.05) is 18.8 Å². The van der Waals surface area contributed by atoms with Gasteiger partial charge < -0.3 is 4.90 Å². The zero-order valence-corrected chi connectivity index (χ0v) is 14.8. The van der Waals surface area contributed by atoms with Crippen LogP contribution >= 0.6 is 11.6 Å². The topological polar surface area (TPSA) is 37.4 Å². The van der Waals surface area contributed by atoms with Gasteiger partial charge in [-0.05, 0) is 49.8 Å². The Labute approximate surface area is 143 Å². The molecule has 5 heteroatoms. The van der Waals surface area contributed by atoms with Crippen molar-refractivity contribution in [3.63, 3.8) is 0 Å². The maximum absolute atomic E-state index is 12.4. The lowest BCUT2D eigenvalue weighted by molar-refractivity contribution is 0.604. The van der Waals surface area contributed by atoms with E-state index in [9.17, 15) is 8.42 Å². The molecule has 2 aromatic rings. The summed E-state index contributed by atoms with van der Waals surface area (Å²) in [5, 5.41) is 0. The van der Waals surface area contributed by atoms with Gasteiger partial charge in [-0.1, -0.05) is 41.9 Å². The summed E-state index contributed by atoms with van der Waals surface area (Å²) >= 11 is 6.06. The van der Waals surface area contributed by atoms with Gasteiger partial charge in [0.2, 0.25) is 9.84 Å². The summed E-state index contributed by atoms with van der Waals surface area (Å²) in [6, 6.07) is 15.9. The Morgan fingerprint density at radius 2 is 1.57 bits per heavy atom. The van der Waals surface area contributed by atoms with E-state index in [1.807, 2.05) is 24.3 Å². The molecular formula is C18H20ClNO2S. The predicted molar refractivity (Wildman–Crippen MR) is 97.5 cm³/mol. The van der Waals surface area contributed by atoms with E-state index >= 15 is 0 Å². The highest BCUT2D eigenvalue weighted by Gasteiger charge is 2.18. The first kappa shape index (κ1) is 17.6. The van der Waals surface area contributed by atoms with Gasteiger partial charge in [-0.25, -0.2) is 8.42 Å². The van der Waals surface area contributed by atoms with Crippen LogP contribution < -0.4 is 4.90 Å². The van der Waals surface area contributed by atoms with Gasteiger partial charge in [0.15, 0.2) is 0 Å². The van der Waals surface area contributed by atoms with Crippen LogP contribution in [0.1, 0.15) is 19.4 Å². The molecule has 0 saturated carbocycles. The first-order valence-electron chi connectivity index (χ1n) is 7.51. The summed E-state index contributed by atoms with van der Waals surface area (Å²) in [5.74, 6) is 0. The summed E-state index contributed by atoms with van der Waals surface area (Å²) in [6.45, 7) is 6.05. The summed E-state index contributed by atoms with van der Waals surface area (Å²) in [7, 11) is -3.66. The molecule has 122 valence electrons. The number of halogens is 1. The van der Waals surface area contributed by atoms with Crippen molar-refractivity contribution >= 4 is 33.2 Å². The third-order valence-corrected chi connectivity index (χ3v) is 5.85. The molecule has 0 N–H and O–H groups in total. The number of anilines is 1. The lowest BCUT2D eigenvalue weighted by atomic mass is 10.2. The highest BCUT2D eigenvalue weighted by Crippen LogP contribution is 2.25. The van der Waals surface area contributed by atoms with Gasteiger partial charge in [-0.2, -0.15) is 0 Å². The fourth-order valence-corrected chi connectivity index (χ4v) is 3.72. The van der Waals surface area contributed by atoms with Crippen molar-refractivity contribution in [1.82, 2.24) is 0 Å². The minimum Gasteiger partial charge on any atom is -0.372 e. The van der Waals surface area contributed by atoms with Crippen molar-refractivity contribution < 1.29 is 8.42 Å². The molecule has 0 radical (unpaired) electrons. The minimum atomic E-state index is -3.66. The molecule has 0 aromatic heterocycles. The summed E-state index contributed by atoms with van der Waals surface area (Å²) in [4.78, 5) is 2.41. The first-order valence-corrected chi connectivity index (χ1v) is 9.37. The van der Waals surface area contributed by atoms with Crippen LogP contribution in [0.25, 0.3) is 6.08 Å². The number of benzene rings is 2. The maximum atomic E-state index is 12.4. The van der Waals surface area contributed by atoms with Crippen LogP contribution in [0.4, 0.5) is 5.69 Å². The van der Waals surface area contributed by atoms with Crippen LogP contribution in [0.2, 0.25) is 0 Å². The molecule has 0 atom stereocenters. The molecule has 0 spiro atoms. The zero-order chi connectivity index (χ0) is 16.9. The molecule has 0 fully saturated rings. The Balaban J connectivity index is 2.28. The summed E-state index contributed by atoms with van der Waals surface area (Å²) < 4.78 is 24.6. The van der Waals surface area contributed by atoms with E-state index in [1.54, 1.807) is 18.2 Å². The minimum absolute atomic E-state index is 0.181. The van der Waals surface area contributed by atoms with Crippen molar-refractivity contribution in [2.45, 2.75) is 18.7 Å². The van der Waals surface area contributed by atoms with Gasteiger partial charge in [0.05, 0.1) is 4.90 Å². The van der Waals surface area contributed by atoms with Crippen LogP contribution in [0.15, 0.2) is 63.9 Å². The second kappa shape index (κ2) is 7.66. The molecule has 3 nitrogen and oxygen atoms in total. The van der Waals surface area contributed by atoms with Crippen LogP contribution in [-0.4, -0.2) is 21.5 Å². The number of sulfone groups is 1. The first-order chi connectivity index (χ1) is 11.0. The van der Waals surface area contributed by atoms with Gasteiger partial charge in [0.25, 0.3) is 0 Å². The third kappa shape index (κ3) is 4.15. The quantitative estimate of drug-likeness (QED) is 0.768. The van der Waals surface area contributed by atoms with Crippen molar-refractivity contribution in [3.05, 3.63) is 64.5 Å². The van der Waals surface area contributed by atoms with Crippen molar-refractivity contribution in [2.24, 2.45) is 0 Å². The summed E-state index contributed by atoms with van der Waals surface area (Å²) in [6.07, 6.45) is 1.48. The van der Waals surface area contributed by atoms with Crippen molar-refractivity contribution in [3.8, 4) is 0 Å². The molecular weight excluding hydrogens is 330 g/mol. The average Bonchev–Trinajstić information content (AvgIpc) is 2.58. The Bertz CT molecular complexity index is 764. The fraction of sp³-hybridized carbons (Fsp3) is 0.222. The SMILES string of the molecule is CCN(CC)c1ccc(/C=C(\Cl)S(=O)(=O)c2ccccc2)cc1. The van der Waals surface area contributed by atoms with E-state index in [2.05, 4.69) is 18.7 Å².